The van der Waals surface area contributed by atoms with Crippen molar-refractivity contribution in [2.75, 3.05) is 12.0 Å². The van der Waals surface area contributed by atoms with Gasteiger partial charge in [0.2, 0.25) is 0 Å². The van der Waals surface area contributed by atoms with Crippen molar-refractivity contribution in [3.63, 3.8) is 0 Å². The standard InChI is InChI=1S/C12H17N3O/c1-2-15(9-7-8-9)12(16)10-5-3-4-6-11(10)14-13/h3-6,9,14H,2,7-8,13H2,1H3. The number of nitrogens with two attached hydrogens (primary N) is 1. The Morgan fingerprint density at radius 3 is 2.75 bits per heavy atom. The van der Waals surface area contributed by atoms with Gasteiger partial charge in [0.1, 0.15) is 0 Å². The highest BCUT2D eigenvalue weighted by Crippen LogP contribution is 2.29. The van der Waals surface area contributed by atoms with E-state index < -0.39 is 0 Å². The molecule has 0 bridgehead atoms. The number of hydrazine groups is 1. The fraction of sp³-hybridized carbons (Fsp3) is 0.417. The zero-order chi connectivity index (χ0) is 11.5. The second-order valence-electron chi connectivity index (χ2n) is 4.01. The number of hydrogen-bond acceptors (Lipinski definition) is 3. The number of nitrogen functional groups attached to an aromatic ring is 1. The number of carbonyl (C=O) groups excluding carboxylic acids is 1. The summed E-state index contributed by atoms with van der Waals surface area (Å²) in [5.74, 6) is 5.47. The Morgan fingerprint density at radius 1 is 1.50 bits per heavy atom. The maximum atomic E-state index is 12.3. The molecule has 0 radical (unpaired) electrons. The van der Waals surface area contributed by atoms with Crippen LogP contribution in [-0.2, 0) is 0 Å². The van der Waals surface area contributed by atoms with E-state index in [1.54, 1.807) is 0 Å². The van der Waals surface area contributed by atoms with E-state index in [1.807, 2.05) is 36.1 Å². The van der Waals surface area contributed by atoms with E-state index in [1.165, 1.54) is 0 Å². The van der Waals surface area contributed by atoms with E-state index >= 15 is 0 Å². The summed E-state index contributed by atoms with van der Waals surface area (Å²) in [6.07, 6.45) is 2.25. The molecule has 0 atom stereocenters. The molecule has 4 nitrogen and oxygen atoms in total. The van der Waals surface area contributed by atoms with Crippen molar-refractivity contribution in [3.8, 4) is 0 Å². The quantitative estimate of drug-likeness (QED) is 0.597. The van der Waals surface area contributed by atoms with Crippen LogP contribution < -0.4 is 11.3 Å². The van der Waals surface area contributed by atoms with E-state index in [9.17, 15) is 4.79 Å². The van der Waals surface area contributed by atoms with Gasteiger partial charge in [-0.3, -0.25) is 10.6 Å². The Morgan fingerprint density at radius 2 is 2.19 bits per heavy atom. The van der Waals surface area contributed by atoms with Gasteiger partial charge < -0.3 is 10.3 Å². The second-order valence-corrected chi connectivity index (χ2v) is 4.01. The molecular weight excluding hydrogens is 202 g/mol. The molecule has 0 aliphatic heterocycles. The van der Waals surface area contributed by atoms with Crippen molar-refractivity contribution in [1.29, 1.82) is 0 Å². The molecule has 1 aromatic rings. The molecule has 1 aromatic carbocycles. The summed E-state index contributed by atoms with van der Waals surface area (Å²) in [5, 5.41) is 0. The Balaban J connectivity index is 2.24. The number of rotatable bonds is 4. The summed E-state index contributed by atoms with van der Waals surface area (Å²) in [6, 6.07) is 7.77. The molecular formula is C12H17N3O. The van der Waals surface area contributed by atoms with Crippen LogP contribution in [0.15, 0.2) is 24.3 Å². The molecule has 2 rings (SSSR count). The fourth-order valence-electron chi connectivity index (χ4n) is 1.90. The average Bonchev–Trinajstić information content (AvgIpc) is 3.14. The Hall–Kier alpha value is -1.55. The lowest BCUT2D eigenvalue weighted by atomic mass is 10.1. The molecule has 86 valence electrons. The maximum Gasteiger partial charge on any atom is 0.256 e. The Kier molecular flexibility index (Phi) is 3.10. The van der Waals surface area contributed by atoms with E-state index in [-0.39, 0.29) is 5.91 Å². The van der Waals surface area contributed by atoms with Crippen LogP contribution >= 0.6 is 0 Å². The van der Waals surface area contributed by atoms with E-state index in [4.69, 9.17) is 5.84 Å². The monoisotopic (exact) mass is 219 g/mol. The minimum atomic E-state index is 0.0681. The summed E-state index contributed by atoms with van der Waals surface area (Å²) in [7, 11) is 0. The van der Waals surface area contributed by atoms with Crippen molar-refractivity contribution < 1.29 is 4.79 Å². The van der Waals surface area contributed by atoms with Crippen LogP contribution in [0.4, 0.5) is 5.69 Å². The highest BCUT2D eigenvalue weighted by molar-refractivity contribution is 5.99. The van der Waals surface area contributed by atoms with Crippen LogP contribution in [0, 0.1) is 0 Å². The van der Waals surface area contributed by atoms with Gasteiger partial charge in [-0.25, -0.2) is 0 Å². The molecule has 1 fully saturated rings. The van der Waals surface area contributed by atoms with Gasteiger partial charge in [0, 0.05) is 12.6 Å². The molecule has 1 aliphatic carbocycles. The molecule has 1 saturated carbocycles. The first kappa shape index (κ1) is 11.0. The predicted molar refractivity (Wildman–Crippen MR) is 64.0 cm³/mol. The second kappa shape index (κ2) is 4.53. The predicted octanol–water partition coefficient (Wildman–Crippen LogP) is 1.60. The summed E-state index contributed by atoms with van der Waals surface area (Å²) in [6.45, 7) is 2.76. The van der Waals surface area contributed by atoms with Crippen LogP contribution in [0.1, 0.15) is 30.1 Å². The van der Waals surface area contributed by atoms with Gasteiger partial charge in [0.05, 0.1) is 11.3 Å². The third-order valence-electron chi connectivity index (χ3n) is 2.90. The van der Waals surface area contributed by atoms with Crippen LogP contribution in [0.2, 0.25) is 0 Å². The Labute approximate surface area is 95.4 Å². The maximum absolute atomic E-state index is 12.3. The lowest BCUT2D eigenvalue weighted by Crippen LogP contribution is -2.33. The third kappa shape index (κ3) is 2.02. The number of nitrogens with zero attached hydrogens (tertiary/aromatic N) is 1. The minimum Gasteiger partial charge on any atom is -0.336 e. The average molecular weight is 219 g/mol. The number of benzene rings is 1. The van der Waals surface area contributed by atoms with Crippen molar-refractivity contribution in [2.24, 2.45) is 5.84 Å². The zero-order valence-corrected chi connectivity index (χ0v) is 9.44. The van der Waals surface area contributed by atoms with E-state index in [0.29, 0.717) is 17.3 Å². The number of para-hydroxylation sites is 1. The molecule has 0 unspecified atom stereocenters. The smallest absolute Gasteiger partial charge is 0.256 e. The first-order valence-corrected chi connectivity index (χ1v) is 5.64. The molecule has 16 heavy (non-hydrogen) atoms. The number of carbonyl (C=O) groups is 1. The molecule has 3 N–H and O–H groups in total. The van der Waals surface area contributed by atoms with Crippen molar-refractivity contribution in [2.45, 2.75) is 25.8 Å². The molecule has 4 heteroatoms. The van der Waals surface area contributed by atoms with Crippen LogP contribution in [0.25, 0.3) is 0 Å². The zero-order valence-electron chi connectivity index (χ0n) is 9.44. The molecule has 0 heterocycles. The van der Waals surface area contributed by atoms with Gasteiger partial charge in [-0.1, -0.05) is 12.1 Å². The number of amides is 1. The van der Waals surface area contributed by atoms with E-state index in [2.05, 4.69) is 5.43 Å². The van der Waals surface area contributed by atoms with Crippen LogP contribution in [-0.4, -0.2) is 23.4 Å². The number of nitrogens with one attached hydrogen (secondary N) is 1. The Bertz CT molecular complexity index is 388. The lowest BCUT2D eigenvalue weighted by molar-refractivity contribution is 0.0753. The van der Waals surface area contributed by atoms with Gasteiger partial charge in [-0.15, -0.1) is 0 Å². The molecule has 0 spiro atoms. The molecule has 0 saturated heterocycles. The number of anilines is 1. The highest BCUT2D eigenvalue weighted by atomic mass is 16.2. The lowest BCUT2D eigenvalue weighted by Gasteiger charge is -2.21. The van der Waals surface area contributed by atoms with Gasteiger partial charge in [-0.05, 0) is 31.9 Å². The van der Waals surface area contributed by atoms with Gasteiger partial charge in [0.25, 0.3) is 5.91 Å². The summed E-state index contributed by atoms with van der Waals surface area (Å²) in [4.78, 5) is 14.2. The highest BCUT2D eigenvalue weighted by Gasteiger charge is 2.32. The first-order chi connectivity index (χ1) is 7.77. The van der Waals surface area contributed by atoms with Crippen molar-refractivity contribution in [1.82, 2.24) is 4.90 Å². The summed E-state index contributed by atoms with van der Waals surface area (Å²) in [5.41, 5.74) is 3.91. The van der Waals surface area contributed by atoms with Gasteiger partial charge in [0.15, 0.2) is 0 Å². The fourth-order valence-corrected chi connectivity index (χ4v) is 1.90. The largest absolute Gasteiger partial charge is 0.336 e. The van der Waals surface area contributed by atoms with E-state index in [0.717, 1.165) is 19.4 Å². The van der Waals surface area contributed by atoms with Gasteiger partial charge >= 0.3 is 0 Å². The van der Waals surface area contributed by atoms with Crippen LogP contribution in [0.3, 0.4) is 0 Å². The van der Waals surface area contributed by atoms with Crippen molar-refractivity contribution >= 4 is 11.6 Å². The summed E-state index contributed by atoms with van der Waals surface area (Å²) < 4.78 is 0. The number of hydrogen-bond donors (Lipinski definition) is 2. The first-order valence-electron chi connectivity index (χ1n) is 5.64. The molecule has 1 amide bonds. The normalized spacial score (nSPS) is 14.6. The van der Waals surface area contributed by atoms with Crippen molar-refractivity contribution in [3.05, 3.63) is 29.8 Å². The van der Waals surface area contributed by atoms with Gasteiger partial charge in [-0.2, -0.15) is 0 Å². The van der Waals surface area contributed by atoms with Crippen LogP contribution in [0.5, 0.6) is 0 Å². The SMILES string of the molecule is CCN(C(=O)c1ccccc1NN)C1CC1. The molecule has 1 aliphatic rings. The molecule has 0 aromatic heterocycles. The minimum absolute atomic E-state index is 0.0681. The summed E-state index contributed by atoms with van der Waals surface area (Å²) >= 11 is 0. The third-order valence-corrected chi connectivity index (χ3v) is 2.90. The topological polar surface area (TPSA) is 58.4 Å².